The Bertz CT molecular complexity index is 759. The molecule has 0 saturated carbocycles. The number of aromatic nitrogens is 2. The van der Waals surface area contributed by atoms with E-state index in [0.29, 0.717) is 12.3 Å². The first kappa shape index (κ1) is 17.3. The molecule has 134 valence electrons. The Morgan fingerprint density at radius 3 is 2.80 bits per heavy atom. The van der Waals surface area contributed by atoms with Crippen LogP contribution in [0.1, 0.15) is 12.5 Å². The fourth-order valence-electron chi connectivity index (χ4n) is 3.16. The lowest BCUT2D eigenvalue weighted by atomic mass is 10.0. The predicted octanol–water partition coefficient (Wildman–Crippen LogP) is 1.76. The van der Waals surface area contributed by atoms with Crippen molar-refractivity contribution < 1.29 is 14.3 Å². The van der Waals surface area contributed by atoms with Crippen molar-refractivity contribution in [3.8, 4) is 22.8 Å². The molecule has 0 unspecified atom stereocenters. The van der Waals surface area contributed by atoms with Crippen LogP contribution < -0.4 is 9.47 Å². The minimum absolute atomic E-state index is 0.140. The van der Waals surface area contributed by atoms with Crippen LogP contribution in [0.25, 0.3) is 11.3 Å². The number of H-pyrrole nitrogens is 1. The molecule has 0 aliphatic carbocycles. The summed E-state index contributed by atoms with van der Waals surface area (Å²) in [5.41, 5.74) is 2.86. The van der Waals surface area contributed by atoms with Gasteiger partial charge in [-0.3, -0.25) is 14.8 Å². The average molecular weight is 344 g/mol. The van der Waals surface area contributed by atoms with Gasteiger partial charge in [-0.2, -0.15) is 5.10 Å². The number of hydrogen-bond donors (Lipinski definition) is 1. The molecule has 7 nitrogen and oxygen atoms in total. The van der Waals surface area contributed by atoms with Crippen molar-refractivity contribution in [2.45, 2.75) is 19.5 Å². The molecule has 0 bridgehead atoms. The second-order valence-corrected chi connectivity index (χ2v) is 6.24. The molecule has 3 rings (SSSR count). The maximum Gasteiger partial charge on any atom is 0.239 e. The summed E-state index contributed by atoms with van der Waals surface area (Å²) >= 11 is 0. The third kappa shape index (κ3) is 3.32. The van der Waals surface area contributed by atoms with E-state index in [1.165, 1.54) is 0 Å². The SMILES string of the molecule is COc1ccc(-c2[nH]ncc2CN2CCN(C)C(=O)[C@@H]2C)c(OC)c1. The Morgan fingerprint density at radius 2 is 2.08 bits per heavy atom. The third-order valence-corrected chi connectivity index (χ3v) is 4.77. The first-order valence-corrected chi connectivity index (χ1v) is 8.28. The molecule has 0 spiro atoms. The highest BCUT2D eigenvalue weighted by Crippen LogP contribution is 2.34. The van der Waals surface area contributed by atoms with Gasteiger partial charge >= 0.3 is 0 Å². The molecule has 1 atom stereocenters. The molecular weight excluding hydrogens is 320 g/mol. The Kier molecular flexibility index (Phi) is 4.94. The van der Waals surface area contributed by atoms with Gasteiger partial charge in [-0.05, 0) is 19.1 Å². The summed E-state index contributed by atoms with van der Waals surface area (Å²) in [5, 5.41) is 7.27. The van der Waals surface area contributed by atoms with Crippen LogP contribution in [0.3, 0.4) is 0 Å². The van der Waals surface area contributed by atoms with Crippen LogP contribution in [0.15, 0.2) is 24.4 Å². The molecule has 7 heteroatoms. The maximum absolute atomic E-state index is 12.2. The normalized spacial score (nSPS) is 18.5. The fourth-order valence-corrected chi connectivity index (χ4v) is 3.16. The number of likely N-dealkylation sites (N-methyl/N-ethyl adjacent to an activating group) is 1. The standard InChI is InChI=1S/C18H24N4O3/c1-12-18(23)21(2)7-8-22(12)11-13-10-19-20-17(13)15-6-5-14(24-3)9-16(15)25-4/h5-6,9-10,12H,7-8,11H2,1-4H3,(H,19,20)/t12-/m0/s1. The molecular formula is C18H24N4O3. The smallest absolute Gasteiger partial charge is 0.239 e. The summed E-state index contributed by atoms with van der Waals surface area (Å²) in [6.07, 6.45) is 1.81. The van der Waals surface area contributed by atoms with E-state index in [2.05, 4.69) is 15.1 Å². The number of nitrogens with zero attached hydrogens (tertiary/aromatic N) is 3. The highest BCUT2D eigenvalue weighted by molar-refractivity contribution is 5.82. The number of ether oxygens (including phenoxy) is 2. The summed E-state index contributed by atoms with van der Waals surface area (Å²) in [6, 6.07) is 5.55. The van der Waals surface area contributed by atoms with Gasteiger partial charge in [0.15, 0.2) is 0 Å². The van der Waals surface area contributed by atoms with Gasteiger partial charge in [-0.15, -0.1) is 0 Å². The zero-order chi connectivity index (χ0) is 18.0. The highest BCUT2D eigenvalue weighted by Gasteiger charge is 2.30. The summed E-state index contributed by atoms with van der Waals surface area (Å²) in [5.74, 6) is 1.60. The van der Waals surface area contributed by atoms with Gasteiger partial charge in [-0.25, -0.2) is 0 Å². The van der Waals surface area contributed by atoms with E-state index in [1.54, 1.807) is 19.1 Å². The van der Waals surface area contributed by atoms with Crippen molar-refractivity contribution in [2.75, 3.05) is 34.4 Å². The molecule has 2 heterocycles. The molecule has 1 saturated heterocycles. The number of carbonyl (C=O) groups excluding carboxylic acids is 1. The number of methoxy groups -OCH3 is 2. The molecule has 1 aromatic heterocycles. The van der Waals surface area contributed by atoms with E-state index < -0.39 is 0 Å². The van der Waals surface area contributed by atoms with E-state index in [9.17, 15) is 4.79 Å². The van der Waals surface area contributed by atoms with E-state index in [0.717, 1.165) is 35.7 Å². The Balaban J connectivity index is 1.88. The first-order valence-electron chi connectivity index (χ1n) is 8.28. The predicted molar refractivity (Wildman–Crippen MR) is 94.6 cm³/mol. The van der Waals surface area contributed by atoms with E-state index in [4.69, 9.17) is 9.47 Å². The van der Waals surface area contributed by atoms with E-state index in [1.807, 2.05) is 38.4 Å². The van der Waals surface area contributed by atoms with Gasteiger partial charge in [0.1, 0.15) is 11.5 Å². The molecule has 2 aromatic rings. The lowest BCUT2D eigenvalue weighted by Gasteiger charge is -2.37. The van der Waals surface area contributed by atoms with Gasteiger partial charge in [0, 0.05) is 43.9 Å². The quantitative estimate of drug-likeness (QED) is 0.895. The Morgan fingerprint density at radius 1 is 1.28 bits per heavy atom. The number of aromatic amines is 1. The summed E-state index contributed by atoms with van der Waals surface area (Å²) in [4.78, 5) is 16.2. The van der Waals surface area contributed by atoms with Gasteiger partial charge in [0.25, 0.3) is 0 Å². The largest absolute Gasteiger partial charge is 0.497 e. The molecule has 1 aliphatic rings. The monoisotopic (exact) mass is 344 g/mol. The molecule has 1 amide bonds. The van der Waals surface area contributed by atoms with Crippen LogP contribution in [-0.2, 0) is 11.3 Å². The van der Waals surface area contributed by atoms with Crippen LogP contribution in [-0.4, -0.2) is 66.3 Å². The molecule has 25 heavy (non-hydrogen) atoms. The minimum atomic E-state index is -0.140. The first-order chi connectivity index (χ1) is 12.0. The van der Waals surface area contributed by atoms with Crippen molar-refractivity contribution in [1.29, 1.82) is 0 Å². The zero-order valence-electron chi connectivity index (χ0n) is 15.1. The number of nitrogens with one attached hydrogen (secondary N) is 1. The number of hydrogen-bond acceptors (Lipinski definition) is 5. The van der Waals surface area contributed by atoms with Gasteiger partial charge in [0.2, 0.25) is 5.91 Å². The third-order valence-electron chi connectivity index (χ3n) is 4.77. The average Bonchev–Trinajstić information content (AvgIpc) is 3.09. The van der Waals surface area contributed by atoms with Gasteiger partial charge in [-0.1, -0.05) is 0 Å². The number of rotatable bonds is 5. The van der Waals surface area contributed by atoms with Crippen LogP contribution in [0.4, 0.5) is 0 Å². The van der Waals surface area contributed by atoms with Crippen LogP contribution in [0.2, 0.25) is 0 Å². The number of carbonyl (C=O) groups is 1. The van der Waals surface area contributed by atoms with E-state index >= 15 is 0 Å². The minimum Gasteiger partial charge on any atom is -0.497 e. The Hall–Kier alpha value is -2.54. The second kappa shape index (κ2) is 7.14. The summed E-state index contributed by atoms with van der Waals surface area (Å²) < 4.78 is 10.8. The van der Waals surface area contributed by atoms with Crippen molar-refractivity contribution in [2.24, 2.45) is 0 Å². The van der Waals surface area contributed by atoms with E-state index in [-0.39, 0.29) is 11.9 Å². The van der Waals surface area contributed by atoms with Crippen molar-refractivity contribution in [1.82, 2.24) is 20.0 Å². The topological polar surface area (TPSA) is 70.7 Å². The van der Waals surface area contributed by atoms with Crippen LogP contribution in [0.5, 0.6) is 11.5 Å². The van der Waals surface area contributed by atoms with Crippen LogP contribution in [0, 0.1) is 0 Å². The van der Waals surface area contributed by atoms with Crippen LogP contribution >= 0.6 is 0 Å². The van der Waals surface area contributed by atoms with Crippen molar-refractivity contribution >= 4 is 5.91 Å². The molecule has 0 radical (unpaired) electrons. The fraction of sp³-hybridized carbons (Fsp3) is 0.444. The number of piperazine rings is 1. The molecule has 1 aliphatic heterocycles. The summed E-state index contributed by atoms with van der Waals surface area (Å²) in [7, 11) is 5.11. The van der Waals surface area contributed by atoms with Gasteiger partial charge in [0.05, 0.1) is 32.2 Å². The maximum atomic E-state index is 12.2. The molecule has 1 aromatic carbocycles. The number of benzene rings is 1. The van der Waals surface area contributed by atoms with Crippen molar-refractivity contribution in [3.63, 3.8) is 0 Å². The zero-order valence-corrected chi connectivity index (χ0v) is 15.1. The summed E-state index contributed by atoms with van der Waals surface area (Å²) in [6.45, 7) is 4.18. The lowest BCUT2D eigenvalue weighted by Crippen LogP contribution is -2.53. The van der Waals surface area contributed by atoms with Crippen molar-refractivity contribution in [3.05, 3.63) is 30.0 Å². The van der Waals surface area contributed by atoms with Gasteiger partial charge < -0.3 is 14.4 Å². The number of amides is 1. The lowest BCUT2D eigenvalue weighted by molar-refractivity contribution is -0.139. The molecule has 1 fully saturated rings. The Labute approximate surface area is 147 Å². The second-order valence-electron chi connectivity index (χ2n) is 6.24. The molecule has 1 N–H and O–H groups in total. The highest BCUT2D eigenvalue weighted by atomic mass is 16.5.